The van der Waals surface area contributed by atoms with Gasteiger partial charge in [-0.2, -0.15) is 0 Å². The van der Waals surface area contributed by atoms with E-state index in [1.165, 1.54) is 4.90 Å². The minimum Gasteiger partial charge on any atom is -0.455 e. The highest BCUT2D eigenvalue weighted by atomic mass is 16.4. The molecule has 0 unspecified atom stereocenters. The number of fused-ring (bicyclic) bond motifs is 1. The third-order valence-corrected chi connectivity index (χ3v) is 5.01. The predicted molar refractivity (Wildman–Crippen MR) is 86.4 cm³/mol. The van der Waals surface area contributed by atoms with E-state index >= 15 is 0 Å². The highest BCUT2D eigenvalue weighted by molar-refractivity contribution is 6.06. The standard InChI is InChI=1S/C17H25N3O3/c1-11-14-12(18-22)9-17(2,3)10-13(14)23-15(11)16(21)20-7-5-19(4)6-8-20/h22H,5-10H2,1-4H3/p+1. The third-order valence-electron chi connectivity index (χ3n) is 5.01. The van der Waals surface area contributed by atoms with E-state index in [9.17, 15) is 10.0 Å². The first kappa shape index (κ1) is 16.1. The van der Waals surface area contributed by atoms with Crippen molar-refractivity contribution in [1.29, 1.82) is 0 Å². The van der Waals surface area contributed by atoms with Crippen LogP contribution >= 0.6 is 0 Å². The van der Waals surface area contributed by atoms with Crippen molar-refractivity contribution in [2.45, 2.75) is 33.6 Å². The first-order valence-corrected chi connectivity index (χ1v) is 8.26. The van der Waals surface area contributed by atoms with Gasteiger partial charge in [-0.05, 0) is 18.8 Å². The number of oxime groups is 1. The molecule has 0 saturated carbocycles. The minimum absolute atomic E-state index is 0.0314. The number of carbonyl (C=O) groups excluding carboxylic acids is 1. The molecular formula is C17H26N3O3+. The lowest BCUT2D eigenvalue weighted by Gasteiger charge is -2.29. The van der Waals surface area contributed by atoms with E-state index in [1.807, 2.05) is 11.8 Å². The molecule has 23 heavy (non-hydrogen) atoms. The van der Waals surface area contributed by atoms with Gasteiger partial charge in [-0.25, -0.2) is 0 Å². The number of hydrogen-bond acceptors (Lipinski definition) is 4. The molecule has 0 spiro atoms. The molecule has 1 aliphatic carbocycles. The van der Waals surface area contributed by atoms with Crippen LogP contribution in [0, 0.1) is 12.3 Å². The number of piperazine rings is 1. The fourth-order valence-corrected chi connectivity index (χ4v) is 3.64. The van der Waals surface area contributed by atoms with Gasteiger partial charge in [-0.1, -0.05) is 19.0 Å². The second-order valence-electron chi connectivity index (χ2n) is 7.67. The monoisotopic (exact) mass is 320 g/mol. The summed E-state index contributed by atoms with van der Waals surface area (Å²) >= 11 is 0. The average Bonchev–Trinajstić information content (AvgIpc) is 2.82. The van der Waals surface area contributed by atoms with Gasteiger partial charge >= 0.3 is 0 Å². The zero-order valence-electron chi connectivity index (χ0n) is 14.4. The molecule has 2 aliphatic rings. The zero-order chi connectivity index (χ0) is 16.8. The van der Waals surface area contributed by atoms with Crippen molar-refractivity contribution in [2.75, 3.05) is 33.2 Å². The summed E-state index contributed by atoms with van der Waals surface area (Å²) in [6, 6.07) is 0. The second-order valence-corrected chi connectivity index (χ2v) is 7.67. The van der Waals surface area contributed by atoms with E-state index in [0.717, 1.165) is 49.5 Å². The zero-order valence-corrected chi connectivity index (χ0v) is 14.4. The van der Waals surface area contributed by atoms with Crippen LogP contribution in [0.2, 0.25) is 0 Å². The molecule has 0 atom stereocenters. The van der Waals surface area contributed by atoms with Gasteiger partial charge < -0.3 is 19.4 Å². The maximum atomic E-state index is 12.8. The van der Waals surface area contributed by atoms with Crippen molar-refractivity contribution >= 4 is 11.6 Å². The molecule has 126 valence electrons. The van der Waals surface area contributed by atoms with E-state index in [2.05, 4.69) is 26.1 Å². The van der Waals surface area contributed by atoms with Crippen LogP contribution in [-0.2, 0) is 6.42 Å². The molecule has 3 rings (SSSR count). The molecule has 1 aromatic heterocycles. The Morgan fingerprint density at radius 2 is 1.96 bits per heavy atom. The third kappa shape index (κ3) is 2.87. The first-order chi connectivity index (χ1) is 10.8. The SMILES string of the molecule is Cc1c(C(=O)N2CC[NH+](C)CC2)oc2c1C(=NO)CC(C)(C)C2. The number of rotatable bonds is 1. The van der Waals surface area contributed by atoms with Crippen molar-refractivity contribution in [3.05, 3.63) is 22.6 Å². The summed E-state index contributed by atoms with van der Waals surface area (Å²) < 4.78 is 5.96. The Balaban J connectivity index is 1.94. The lowest BCUT2D eigenvalue weighted by atomic mass is 9.75. The first-order valence-electron chi connectivity index (χ1n) is 8.26. The summed E-state index contributed by atoms with van der Waals surface area (Å²) in [5.74, 6) is 1.14. The number of furan rings is 1. The van der Waals surface area contributed by atoms with E-state index in [4.69, 9.17) is 4.42 Å². The Hall–Kier alpha value is -1.82. The summed E-state index contributed by atoms with van der Waals surface area (Å²) in [7, 11) is 2.14. The highest BCUT2D eigenvalue weighted by Gasteiger charge is 2.37. The Kier molecular flexibility index (Phi) is 3.96. The fraction of sp³-hybridized carbons (Fsp3) is 0.647. The Morgan fingerprint density at radius 3 is 2.57 bits per heavy atom. The maximum absolute atomic E-state index is 12.8. The van der Waals surface area contributed by atoms with Crippen molar-refractivity contribution in [2.24, 2.45) is 10.6 Å². The highest BCUT2D eigenvalue weighted by Crippen LogP contribution is 2.39. The van der Waals surface area contributed by atoms with Crippen molar-refractivity contribution in [3.8, 4) is 0 Å². The topological polar surface area (TPSA) is 70.5 Å². The molecule has 2 N–H and O–H groups in total. The van der Waals surface area contributed by atoms with E-state index in [1.54, 1.807) is 0 Å². The number of hydrogen-bond donors (Lipinski definition) is 2. The number of nitrogens with one attached hydrogen (secondary N) is 1. The van der Waals surface area contributed by atoms with Crippen LogP contribution in [0.5, 0.6) is 0 Å². The molecule has 1 aliphatic heterocycles. The van der Waals surface area contributed by atoms with Crippen LogP contribution in [0.4, 0.5) is 0 Å². The van der Waals surface area contributed by atoms with Gasteiger partial charge in [0.25, 0.3) is 5.91 Å². The predicted octanol–water partition coefficient (Wildman–Crippen LogP) is 0.709. The van der Waals surface area contributed by atoms with Crippen LogP contribution in [0.3, 0.4) is 0 Å². The molecule has 1 amide bonds. The van der Waals surface area contributed by atoms with E-state index < -0.39 is 0 Å². The van der Waals surface area contributed by atoms with Gasteiger partial charge in [0, 0.05) is 17.5 Å². The van der Waals surface area contributed by atoms with Crippen LogP contribution in [0.15, 0.2) is 9.57 Å². The lowest BCUT2D eigenvalue weighted by molar-refractivity contribution is -0.883. The number of likely N-dealkylation sites (N-methyl/N-ethyl adjacent to an activating group) is 1. The molecular weight excluding hydrogens is 294 g/mol. The van der Waals surface area contributed by atoms with E-state index in [-0.39, 0.29) is 11.3 Å². The van der Waals surface area contributed by atoms with Gasteiger partial charge in [0.15, 0.2) is 5.76 Å². The molecule has 2 heterocycles. The maximum Gasteiger partial charge on any atom is 0.290 e. The lowest BCUT2D eigenvalue weighted by Crippen LogP contribution is -3.12. The van der Waals surface area contributed by atoms with Crippen LogP contribution in [0.1, 0.15) is 47.7 Å². The Labute approximate surface area is 136 Å². The summed E-state index contributed by atoms with van der Waals surface area (Å²) in [4.78, 5) is 16.1. The second kappa shape index (κ2) is 5.67. The van der Waals surface area contributed by atoms with Crippen molar-refractivity contribution < 1.29 is 19.3 Å². The van der Waals surface area contributed by atoms with E-state index in [0.29, 0.717) is 17.9 Å². The number of carbonyl (C=O) groups is 1. The Bertz CT molecular complexity index is 652. The molecule has 6 heteroatoms. The quantitative estimate of drug-likeness (QED) is 0.591. The molecule has 0 radical (unpaired) electrons. The number of nitrogens with zero attached hydrogens (tertiary/aromatic N) is 2. The summed E-state index contributed by atoms with van der Waals surface area (Å²) in [5.41, 5.74) is 2.23. The van der Waals surface area contributed by atoms with Gasteiger partial charge in [0.05, 0.1) is 38.9 Å². The molecule has 1 aromatic rings. The van der Waals surface area contributed by atoms with Crippen LogP contribution < -0.4 is 4.90 Å². The normalized spacial score (nSPS) is 23.1. The summed E-state index contributed by atoms with van der Waals surface area (Å²) in [6.45, 7) is 9.54. The van der Waals surface area contributed by atoms with Crippen molar-refractivity contribution in [3.63, 3.8) is 0 Å². The molecule has 0 aromatic carbocycles. The summed E-state index contributed by atoms with van der Waals surface area (Å²) in [5, 5.41) is 12.8. The number of amides is 1. The Morgan fingerprint density at radius 1 is 1.30 bits per heavy atom. The van der Waals surface area contributed by atoms with Crippen molar-refractivity contribution in [1.82, 2.24) is 4.90 Å². The van der Waals surface area contributed by atoms with Gasteiger partial charge in [0.1, 0.15) is 5.76 Å². The van der Waals surface area contributed by atoms with Gasteiger partial charge in [0.2, 0.25) is 0 Å². The fourth-order valence-electron chi connectivity index (χ4n) is 3.64. The molecule has 0 bridgehead atoms. The average molecular weight is 320 g/mol. The molecule has 1 saturated heterocycles. The molecule has 1 fully saturated rings. The largest absolute Gasteiger partial charge is 0.455 e. The van der Waals surface area contributed by atoms with Crippen LogP contribution in [0.25, 0.3) is 0 Å². The summed E-state index contributed by atoms with van der Waals surface area (Å²) in [6.07, 6.45) is 1.44. The van der Waals surface area contributed by atoms with Gasteiger partial charge in [-0.15, -0.1) is 0 Å². The van der Waals surface area contributed by atoms with Crippen LogP contribution in [-0.4, -0.2) is 55.0 Å². The molecule has 6 nitrogen and oxygen atoms in total. The minimum atomic E-state index is -0.0421. The van der Waals surface area contributed by atoms with Gasteiger partial charge in [-0.3, -0.25) is 4.79 Å². The number of quaternary nitrogens is 1. The smallest absolute Gasteiger partial charge is 0.290 e.